The third kappa shape index (κ3) is 7.60. The van der Waals surface area contributed by atoms with Crippen molar-refractivity contribution in [1.29, 1.82) is 0 Å². The Bertz CT molecular complexity index is 778. The van der Waals surface area contributed by atoms with Crippen LogP contribution in [0, 0.1) is 0 Å². The number of hydrogen-bond acceptors (Lipinski definition) is 1. The van der Waals surface area contributed by atoms with E-state index in [1.54, 1.807) is 35.4 Å². The number of aromatic hydroxyl groups is 1. The maximum atomic E-state index is 8.63. The molecule has 0 aliphatic carbocycles. The maximum Gasteiger partial charge on any atom is 0.115 e. The molecule has 0 amide bonds. The second kappa shape index (κ2) is 12.8. The van der Waals surface area contributed by atoms with E-state index >= 15 is 0 Å². The summed E-state index contributed by atoms with van der Waals surface area (Å²) in [5, 5.41) is 8.63. The van der Waals surface area contributed by atoms with Crippen molar-refractivity contribution in [3.63, 3.8) is 0 Å². The second-order valence-electron chi connectivity index (χ2n) is 7.26. The fraction of sp³-hybridized carbons (Fsp3) is 0.333. The molecular weight excluding hydrogens is 340 g/mol. The molecule has 0 saturated heterocycles. The highest BCUT2D eigenvalue weighted by Crippen LogP contribution is 2.22. The third-order valence-corrected chi connectivity index (χ3v) is 4.94. The van der Waals surface area contributed by atoms with E-state index in [2.05, 4.69) is 62.4 Å². The van der Waals surface area contributed by atoms with Crippen molar-refractivity contribution >= 4 is 0 Å². The molecule has 0 aliphatic heterocycles. The summed E-state index contributed by atoms with van der Waals surface area (Å²) in [6.45, 7) is 4.56. The molecule has 1 heteroatoms. The van der Waals surface area contributed by atoms with Gasteiger partial charge in [-0.15, -0.1) is 0 Å². The molecule has 0 spiro atoms. The maximum absolute atomic E-state index is 8.63. The minimum atomic E-state index is 0.322. The van der Waals surface area contributed by atoms with Crippen LogP contribution in [0.1, 0.15) is 61.8 Å². The Morgan fingerprint density at radius 1 is 0.607 bits per heavy atom. The Kier molecular flexibility index (Phi) is 9.93. The van der Waals surface area contributed by atoms with Gasteiger partial charge in [0, 0.05) is 0 Å². The van der Waals surface area contributed by atoms with Gasteiger partial charge in [-0.1, -0.05) is 93.4 Å². The van der Waals surface area contributed by atoms with Crippen LogP contribution in [0.4, 0.5) is 0 Å². The molecule has 0 radical (unpaired) electrons. The largest absolute Gasteiger partial charge is 0.508 e. The van der Waals surface area contributed by atoms with Crippen LogP contribution in [0.2, 0.25) is 0 Å². The Balaban J connectivity index is 0.000000336. The first-order chi connectivity index (χ1) is 13.7. The molecule has 3 aromatic rings. The number of benzene rings is 3. The summed E-state index contributed by atoms with van der Waals surface area (Å²) in [7, 11) is 0. The molecule has 3 aromatic carbocycles. The highest BCUT2D eigenvalue weighted by molar-refractivity contribution is 5.39. The molecule has 148 valence electrons. The van der Waals surface area contributed by atoms with Crippen LogP contribution in [0.5, 0.6) is 5.75 Å². The predicted octanol–water partition coefficient (Wildman–Crippen LogP) is 7.35. The number of para-hydroxylation sites is 1. The van der Waals surface area contributed by atoms with Gasteiger partial charge in [0.15, 0.2) is 0 Å². The van der Waals surface area contributed by atoms with Crippen LogP contribution >= 0.6 is 0 Å². The quantitative estimate of drug-likeness (QED) is 0.437. The standard InChI is InChI=1S/C21H28.C6H6O/c1-3-5-13-19-14-10-15-20(21(19)16-6-4-2)17-18-11-8-7-9-12-18;7-6-4-2-1-3-5-6/h7-12,14-15H,3-6,13,16-17H2,1-2H3;1-5,7H. The summed E-state index contributed by atoms with van der Waals surface area (Å²) in [5.74, 6) is 0.322. The Hall–Kier alpha value is -2.54. The second-order valence-corrected chi connectivity index (χ2v) is 7.26. The Morgan fingerprint density at radius 2 is 1.18 bits per heavy atom. The van der Waals surface area contributed by atoms with Gasteiger partial charge in [-0.25, -0.2) is 0 Å². The summed E-state index contributed by atoms with van der Waals surface area (Å²) in [6.07, 6.45) is 8.68. The average molecular weight is 375 g/mol. The van der Waals surface area contributed by atoms with Gasteiger partial charge in [-0.2, -0.15) is 0 Å². The summed E-state index contributed by atoms with van der Waals surface area (Å²) < 4.78 is 0. The third-order valence-electron chi connectivity index (χ3n) is 4.94. The molecule has 0 aliphatic rings. The van der Waals surface area contributed by atoms with Crippen molar-refractivity contribution in [3.8, 4) is 5.75 Å². The zero-order valence-electron chi connectivity index (χ0n) is 17.4. The Labute approximate surface area is 171 Å². The van der Waals surface area contributed by atoms with E-state index < -0.39 is 0 Å². The predicted molar refractivity (Wildman–Crippen MR) is 121 cm³/mol. The molecule has 0 fully saturated rings. The summed E-state index contributed by atoms with van der Waals surface area (Å²) in [6, 6.07) is 26.5. The lowest BCUT2D eigenvalue weighted by atomic mass is 9.90. The topological polar surface area (TPSA) is 20.2 Å². The molecule has 1 nitrogen and oxygen atoms in total. The SMILES string of the molecule is CCCCc1cccc(Cc2ccccc2)c1CCCC.Oc1ccccc1. The fourth-order valence-electron chi connectivity index (χ4n) is 3.37. The number of rotatable bonds is 8. The monoisotopic (exact) mass is 374 g/mol. The van der Waals surface area contributed by atoms with Crippen LogP contribution in [0.15, 0.2) is 78.9 Å². The highest BCUT2D eigenvalue weighted by atomic mass is 16.3. The van der Waals surface area contributed by atoms with E-state index in [1.807, 2.05) is 6.07 Å². The normalized spacial score (nSPS) is 10.2. The number of phenolic OH excluding ortho intramolecular Hbond substituents is 1. The van der Waals surface area contributed by atoms with Crippen molar-refractivity contribution < 1.29 is 5.11 Å². The Morgan fingerprint density at radius 3 is 1.75 bits per heavy atom. The van der Waals surface area contributed by atoms with Crippen molar-refractivity contribution in [2.24, 2.45) is 0 Å². The zero-order valence-corrected chi connectivity index (χ0v) is 17.4. The number of hydrogen-bond donors (Lipinski definition) is 1. The van der Waals surface area contributed by atoms with Crippen molar-refractivity contribution in [2.75, 3.05) is 0 Å². The molecule has 3 rings (SSSR count). The molecule has 1 N–H and O–H groups in total. The van der Waals surface area contributed by atoms with E-state index in [4.69, 9.17) is 5.11 Å². The average Bonchev–Trinajstić information content (AvgIpc) is 2.73. The van der Waals surface area contributed by atoms with Gasteiger partial charge in [0.05, 0.1) is 0 Å². The lowest BCUT2D eigenvalue weighted by molar-refractivity contribution is 0.475. The molecule has 0 aromatic heterocycles. The van der Waals surface area contributed by atoms with Gasteiger partial charge in [-0.3, -0.25) is 0 Å². The summed E-state index contributed by atoms with van der Waals surface area (Å²) in [5.41, 5.74) is 6.15. The minimum absolute atomic E-state index is 0.322. The number of phenols is 1. The fourth-order valence-corrected chi connectivity index (χ4v) is 3.37. The number of unbranched alkanes of at least 4 members (excludes halogenated alkanes) is 2. The molecule has 0 bridgehead atoms. The molecular formula is C27H34O. The van der Waals surface area contributed by atoms with E-state index in [-0.39, 0.29) is 0 Å². The van der Waals surface area contributed by atoms with Crippen LogP contribution in [0.25, 0.3) is 0 Å². The van der Waals surface area contributed by atoms with E-state index in [0.29, 0.717) is 5.75 Å². The molecule has 0 heterocycles. The molecule has 0 saturated carbocycles. The van der Waals surface area contributed by atoms with Crippen LogP contribution in [-0.2, 0) is 19.3 Å². The van der Waals surface area contributed by atoms with Gasteiger partial charge in [0.25, 0.3) is 0 Å². The van der Waals surface area contributed by atoms with E-state index in [1.165, 1.54) is 49.7 Å². The number of aryl methyl sites for hydroxylation is 1. The minimum Gasteiger partial charge on any atom is -0.508 e. The highest BCUT2D eigenvalue weighted by Gasteiger charge is 2.08. The van der Waals surface area contributed by atoms with Crippen LogP contribution < -0.4 is 0 Å². The van der Waals surface area contributed by atoms with Gasteiger partial charge in [0.2, 0.25) is 0 Å². The zero-order chi connectivity index (χ0) is 20.0. The van der Waals surface area contributed by atoms with Gasteiger partial charge in [-0.05, 0) is 66.5 Å². The molecule has 0 atom stereocenters. The van der Waals surface area contributed by atoms with Crippen molar-refractivity contribution in [1.82, 2.24) is 0 Å². The van der Waals surface area contributed by atoms with Crippen LogP contribution in [-0.4, -0.2) is 5.11 Å². The van der Waals surface area contributed by atoms with Gasteiger partial charge >= 0.3 is 0 Å². The van der Waals surface area contributed by atoms with Crippen molar-refractivity contribution in [2.45, 2.75) is 58.8 Å². The molecule has 0 unspecified atom stereocenters. The first-order valence-corrected chi connectivity index (χ1v) is 10.6. The lowest BCUT2D eigenvalue weighted by Crippen LogP contribution is -2.02. The van der Waals surface area contributed by atoms with Gasteiger partial charge in [0.1, 0.15) is 5.75 Å². The smallest absolute Gasteiger partial charge is 0.115 e. The van der Waals surface area contributed by atoms with Gasteiger partial charge < -0.3 is 5.11 Å². The summed E-state index contributed by atoms with van der Waals surface area (Å²) in [4.78, 5) is 0. The lowest BCUT2D eigenvalue weighted by Gasteiger charge is -2.15. The first kappa shape index (κ1) is 21.8. The summed E-state index contributed by atoms with van der Waals surface area (Å²) >= 11 is 0. The van der Waals surface area contributed by atoms with E-state index in [0.717, 1.165) is 6.42 Å². The molecule has 28 heavy (non-hydrogen) atoms. The van der Waals surface area contributed by atoms with E-state index in [9.17, 15) is 0 Å². The van der Waals surface area contributed by atoms with Crippen LogP contribution in [0.3, 0.4) is 0 Å². The van der Waals surface area contributed by atoms with Crippen molar-refractivity contribution in [3.05, 3.63) is 101 Å². The first-order valence-electron chi connectivity index (χ1n) is 10.6.